The molecule has 2 aromatic carbocycles. The first-order chi connectivity index (χ1) is 16.8. The van der Waals surface area contributed by atoms with Gasteiger partial charge >= 0.3 is 0 Å². The van der Waals surface area contributed by atoms with Crippen molar-refractivity contribution in [2.24, 2.45) is 0 Å². The molecule has 0 spiro atoms. The van der Waals surface area contributed by atoms with Gasteiger partial charge in [0.25, 0.3) is 0 Å². The second-order valence-corrected chi connectivity index (χ2v) is 10.5. The number of likely N-dealkylation sites (tertiary alicyclic amines) is 1. The van der Waals surface area contributed by atoms with Crippen LogP contribution >= 0.6 is 11.3 Å². The van der Waals surface area contributed by atoms with Crippen LogP contribution in [0, 0.1) is 6.92 Å². The van der Waals surface area contributed by atoms with Gasteiger partial charge in [0.15, 0.2) is 0 Å². The number of nitrogens with zero attached hydrogens (tertiary/aromatic N) is 3. The zero-order valence-electron chi connectivity index (χ0n) is 20.3. The molecule has 0 aliphatic carbocycles. The molecule has 1 N–H and O–H groups in total. The molecule has 1 aromatic heterocycles. The number of carbonyl (C=O) groups excluding carboxylic acids is 2. The molecule has 0 saturated carbocycles. The highest BCUT2D eigenvalue weighted by molar-refractivity contribution is 7.11. The predicted molar refractivity (Wildman–Crippen MR) is 135 cm³/mol. The minimum Gasteiger partial charge on any atom is -0.343 e. The number of rotatable bonds is 8. The van der Waals surface area contributed by atoms with E-state index in [2.05, 4.69) is 41.5 Å². The summed E-state index contributed by atoms with van der Waals surface area (Å²) in [6.45, 7) is 6.07. The quantitative estimate of drug-likeness (QED) is 0.491. The molecule has 3 aromatic rings. The van der Waals surface area contributed by atoms with Crippen molar-refractivity contribution in [3.63, 3.8) is 0 Å². The van der Waals surface area contributed by atoms with Crippen LogP contribution in [0.3, 0.4) is 0 Å². The molecule has 6 nitrogen and oxygen atoms in total. The van der Waals surface area contributed by atoms with E-state index in [1.54, 1.807) is 0 Å². The van der Waals surface area contributed by atoms with Gasteiger partial charge in [0.1, 0.15) is 22.2 Å². The Labute approximate surface area is 209 Å². The number of hydrogen-bond acceptors (Lipinski definition) is 5. The van der Waals surface area contributed by atoms with Crippen molar-refractivity contribution in [2.75, 3.05) is 6.54 Å². The van der Waals surface area contributed by atoms with Gasteiger partial charge in [-0.15, -0.1) is 21.5 Å². The molecular formula is C27H31FN4O2S. The molecule has 2 heterocycles. The van der Waals surface area contributed by atoms with Crippen molar-refractivity contribution in [3.8, 4) is 0 Å². The smallest absolute Gasteiger partial charge is 0.243 e. The average molecular weight is 495 g/mol. The number of carbonyl (C=O) groups is 2. The van der Waals surface area contributed by atoms with E-state index >= 15 is 0 Å². The van der Waals surface area contributed by atoms with Gasteiger partial charge in [0.05, 0.1) is 12.6 Å². The van der Waals surface area contributed by atoms with E-state index in [1.807, 2.05) is 49.4 Å². The van der Waals surface area contributed by atoms with E-state index < -0.39 is 18.3 Å². The second-order valence-electron chi connectivity index (χ2n) is 9.28. The molecule has 2 amide bonds. The van der Waals surface area contributed by atoms with Crippen LogP contribution in [0.4, 0.5) is 4.39 Å². The van der Waals surface area contributed by atoms with Gasteiger partial charge in [0, 0.05) is 19.3 Å². The third-order valence-electron chi connectivity index (χ3n) is 6.35. The summed E-state index contributed by atoms with van der Waals surface area (Å²) in [6, 6.07) is 16.6. The topological polar surface area (TPSA) is 75.2 Å². The molecule has 1 saturated heterocycles. The maximum absolute atomic E-state index is 14.4. The Morgan fingerprint density at radius 1 is 1.06 bits per heavy atom. The number of amides is 2. The summed E-state index contributed by atoms with van der Waals surface area (Å²) in [7, 11) is 0. The molecule has 1 aliphatic heterocycles. The van der Waals surface area contributed by atoms with Crippen LogP contribution in [-0.2, 0) is 16.0 Å². The first-order valence-electron chi connectivity index (χ1n) is 12.0. The lowest BCUT2D eigenvalue weighted by atomic mass is 9.95. The Kier molecular flexibility index (Phi) is 7.90. The Hall–Kier alpha value is -3.13. The van der Waals surface area contributed by atoms with E-state index in [0.717, 1.165) is 21.1 Å². The Balaban J connectivity index is 1.51. The van der Waals surface area contributed by atoms with Crippen LogP contribution in [0.2, 0.25) is 0 Å². The summed E-state index contributed by atoms with van der Waals surface area (Å²) in [4.78, 5) is 27.8. The van der Waals surface area contributed by atoms with Crippen LogP contribution in [0.1, 0.15) is 65.4 Å². The lowest BCUT2D eigenvalue weighted by Gasteiger charge is -2.27. The summed E-state index contributed by atoms with van der Waals surface area (Å²) in [5.41, 5.74) is 3.08. The van der Waals surface area contributed by atoms with Crippen molar-refractivity contribution in [1.82, 2.24) is 20.4 Å². The fraction of sp³-hybridized carbons (Fsp3) is 0.407. The number of aromatic nitrogens is 2. The first-order valence-corrected chi connectivity index (χ1v) is 12.8. The molecular weight excluding hydrogens is 463 g/mol. The highest BCUT2D eigenvalue weighted by Gasteiger charge is 2.40. The number of nitrogens with one attached hydrogen (secondary N) is 1. The Morgan fingerprint density at radius 3 is 2.34 bits per heavy atom. The molecule has 0 radical (unpaired) electrons. The minimum atomic E-state index is -1.22. The lowest BCUT2D eigenvalue weighted by molar-refractivity contribution is -0.138. The molecule has 184 valence electrons. The van der Waals surface area contributed by atoms with Crippen LogP contribution in [0.5, 0.6) is 0 Å². The number of benzene rings is 2. The van der Waals surface area contributed by atoms with E-state index in [1.165, 1.54) is 21.8 Å². The third kappa shape index (κ3) is 6.11. The fourth-order valence-electron chi connectivity index (χ4n) is 4.42. The van der Waals surface area contributed by atoms with Crippen molar-refractivity contribution in [2.45, 2.75) is 64.2 Å². The van der Waals surface area contributed by atoms with Gasteiger partial charge in [-0.05, 0) is 29.5 Å². The number of alkyl halides is 1. The summed E-state index contributed by atoms with van der Waals surface area (Å²) < 4.78 is 14.4. The monoisotopic (exact) mass is 494 g/mol. The highest BCUT2D eigenvalue weighted by atomic mass is 32.1. The van der Waals surface area contributed by atoms with Crippen molar-refractivity contribution < 1.29 is 14.0 Å². The van der Waals surface area contributed by atoms with E-state index in [9.17, 15) is 14.0 Å². The largest absolute Gasteiger partial charge is 0.343 e. The Morgan fingerprint density at radius 2 is 1.71 bits per heavy atom. The van der Waals surface area contributed by atoms with Crippen LogP contribution < -0.4 is 5.32 Å². The van der Waals surface area contributed by atoms with E-state index in [4.69, 9.17) is 0 Å². The van der Waals surface area contributed by atoms with Crippen molar-refractivity contribution >= 4 is 23.2 Å². The van der Waals surface area contributed by atoms with Gasteiger partial charge < -0.3 is 10.2 Å². The zero-order chi connectivity index (χ0) is 24.9. The van der Waals surface area contributed by atoms with E-state index in [0.29, 0.717) is 12.3 Å². The maximum atomic E-state index is 14.4. The summed E-state index contributed by atoms with van der Waals surface area (Å²) >= 11 is 1.44. The molecule has 4 rings (SSSR count). The van der Waals surface area contributed by atoms with Crippen LogP contribution in [-0.4, -0.2) is 45.7 Å². The molecule has 3 atom stereocenters. The number of hydrogen-bond donors (Lipinski definition) is 1. The molecule has 0 bridgehead atoms. The summed E-state index contributed by atoms with van der Waals surface area (Å²) in [5.74, 6) is -0.180. The molecule has 3 unspecified atom stereocenters. The van der Waals surface area contributed by atoms with Gasteiger partial charge in [-0.2, -0.15) is 0 Å². The lowest BCUT2D eigenvalue weighted by Crippen LogP contribution is -2.47. The molecule has 35 heavy (non-hydrogen) atoms. The minimum absolute atomic E-state index is 0.00326. The van der Waals surface area contributed by atoms with Gasteiger partial charge in [-0.3, -0.25) is 9.59 Å². The van der Waals surface area contributed by atoms with Crippen LogP contribution in [0.25, 0.3) is 0 Å². The van der Waals surface area contributed by atoms with Gasteiger partial charge in [-0.1, -0.05) is 68.4 Å². The zero-order valence-corrected chi connectivity index (χ0v) is 21.1. The molecule has 1 aliphatic rings. The van der Waals surface area contributed by atoms with E-state index in [-0.39, 0.29) is 31.2 Å². The van der Waals surface area contributed by atoms with Crippen molar-refractivity contribution in [3.05, 3.63) is 81.3 Å². The maximum Gasteiger partial charge on any atom is 0.243 e. The molecule has 8 heteroatoms. The Bertz CT molecular complexity index is 1150. The highest BCUT2D eigenvalue weighted by Crippen LogP contribution is 2.27. The average Bonchev–Trinajstić information content (AvgIpc) is 3.46. The number of halogens is 1. The van der Waals surface area contributed by atoms with Gasteiger partial charge in [-0.25, -0.2) is 4.39 Å². The SMILES string of the molecule is Cc1nnc(CCC(=O)N2CC(F)CC2C(=O)NC(c2ccccc2)c2ccc(C(C)C)cc2)s1. The fourth-order valence-corrected chi connectivity index (χ4v) is 5.13. The first kappa shape index (κ1) is 25.0. The predicted octanol–water partition coefficient (Wildman–Crippen LogP) is 4.75. The van der Waals surface area contributed by atoms with Crippen molar-refractivity contribution in [1.29, 1.82) is 0 Å². The van der Waals surface area contributed by atoms with Gasteiger partial charge in [0.2, 0.25) is 11.8 Å². The molecule has 1 fully saturated rings. The summed E-state index contributed by atoms with van der Waals surface area (Å²) in [5, 5.41) is 12.7. The second kappa shape index (κ2) is 11.1. The van der Waals surface area contributed by atoms with Crippen LogP contribution in [0.15, 0.2) is 54.6 Å². The normalized spacial score (nSPS) is 18.6. The number of aryl methyl sites for hydroxylation is 2. The summed E-state index contributed by atoms with van der Waals surface area (Å²) in [6.07, 6.45) is -0.618. The third-order valence-corrected chi connectivity index (χ3v) is 7.25. The standard InChI is InChI=1S/C27H31FN4O2S/c1-17(2)19-9-11-21(12-10-19)26(20-7-5-4-6-8-20)29-27(34)23-15-22(28)16-32(23)25(33)14-13-24-31-30-18(3)35-24/h4-12,17,22-23,26H,13-16H2,1-3H3,(H,29,34).